The number of benzene rings is 2. The van der Waals surface area contributed by atoms with Crippen LogP contribution >= 0.6 is 34.8 Å². The van der Waals surface area contributed by atoms with E-state index in [4.69, 9.17) is 44.2 Å². The summed E-state index contributed by atoms with van der Waals surface area (Å²) in [6.45, 7) is 0. The molecule has 0 amide bonds. The van der Waals surface area contributed by atoms with Crippen molar-refractivity contribution in [1.82, 2.24) is 15.2 Å². The first kappa shape index (κ1) is 19.2. The standard InChI is InChI=1S/C22H13Cl3N4O/c23-15-2-1-3-16(24)21(15)18-11-14-10-13(4-5-17(14)27-18)22-29-28-20(30-22)9-12-6-7-26-19(25)8-12/h1-8,10H,9,11H2. The Bertz CT molecular complexity index is 1280. The fourth-order valence-electron chi connectivity index (χ4n) is 3.42. The van der Waals surface area contributed by atoms with Gasteiger partial charge in [0.2, 0.25) is 11.8 Å². The smallest absolute Gasteiger partial charge is 0.247 e. The van der Waals surface area contributed by atoms with Crippen molar-refractivity contribution in [1.29, 1.82) is 0 Å². The molecule has 2 aromatic heterocycles. The van der Waals surface area contributed by atoms with E-state index in [1.807, 2.05) is 42.5 Å². The van der Waals surface area contributed by atoms with Gasteiger partial charge in [0.15, 0.2) is 0 Å². The molecule has 5 nitrogen and oxygen atoms in total. The van der Waals surface area contributed by atoms with Crippen molar-refractivity contribution < 1.29 is 4.42 Å². The van der Waals surface area contributed by atoms with Crippen LogP contribution in [0.15, 0.2) is 64.1 Å². The summed E-state index contributed by atoms with van der Waals surface area (Å²) < 4.78 is 5.86. The summed E-state index contributed by atoms with van der Waals surface area (Å²) in [7, 11) is 0. The third-order valence-electron chi connectivity index (χ3n) is 4.80. The van der Waals surface area contributed by atoms with Gasteiger partial charge in [0.1, 0.15) is 5.15 Å². The van der Waals surface area contributed by atoms with Crippen LogP contribution in [0.5, 0.6) is 0 Å². The van der Waals surface area contributed by atoms with Gasteiger partial charge >= 0.3 is 0 Å². The molecule has 5 rings (SSSR count). The molecule has 3 heterocycles. The number of hydrogen-bond acceptors (Lipinski definition) is 5. The molecule has 0 fully saturated rings. The van der Waals surface area contributed by atoms with Crippen molar-refractivity contribution in [2.24, 2.45) is 4.99 Å². The minimum atomic E-state index is 0.431. The topological polar surface area (TPSA) is 64.2 Å². The van der Waals surface area contributed by atoms with Gasteiger partial charge in [0, 0.05) is 23.7 Å². The van der Waals surface area contributed by atoms with E-state index in [1.165, 1.54) is 0 Å². The monoisotopic (exact) mass is 454 g/mol. The van der Waals surface area contributed by atoms with Gasteiger partial charge in [-0.05, 0) is 53.6 Å². The van der Waals surface area contributed by atoms with Crippen LogP contribution < -0.4 is 0 Å². The Balaban J connectivity index is 1.39. The molecular formula is C22H13Cl3N4O. The summed E-state index contributed by atoms with van der Waals surface area (Å²) >= 11 is 18.6. The summed E-state index contributed by atoms with van der Waals surface area (Å²) in [6, 6.07) is 15.0. The summed E-state index contributed by atoms with van der Waals surface area (Å²) in [5, 5.41) is 9.95. The minimum absolute atomic E-state index is 0.431. The largest absolute Gasteiger partial charge is 0.420 e. The molecule has 1 aliphatic heterocycles. The van der Waals surface area contributed by atoms with Gasteiger partial charge in [-0.2, -0.15) is 0 Å². The Morgan fingerprint density at radius 2 is 1.77 bits per heavy atom. The predicted molar refractivity (Wildman–Crippen MR) is 118 cm³/mol. The number of aromatic nitrogens is 3. The average molecular weight is 456 g/mol. The maximum Gasteiger partial charge on any atom is 0.247 e. The van der Waals surface area contributed by atoms with Crippen molar-refractivity contribution in [3.63, 3.8) is 0 Å². The molecule has 2 aromatic carbocycles. The van der Waals surface area contributed by atoms with Gasteiger partial charge in [-0.15, -0.1) is 10.2 Å². The first-order chi connectivity index (χ1) is 14.6. The van der Waals surface area contributed by atoms with Crippen LogP contribution in [0.1, 0.15) is 22.6 Å². The molecule has 148 valence electrons. The zero-order valence-corrected chi connectivity index (χ0v) is 17.7. The highest BCUT2D eigenvalue weighted by atomic mass is 35.5. The van der Waals surface area contributed by atoms with Crippen molar-refractivity contribution in [2.75, 3.05) is 0 Å². The summed E-state index contributed by atoms with van der Waals surface area (Å²) in [5.41, 5.74) is 5.35. The normalized spacial score (nSPS) is 12.7. The van der Waals surface area contributed by atoms with Gasteiger partial charge < -0.3 is 4.42 Å². The van der Waals surface area contributed by atoms with Crippen LogP contribution in [0, 0.1) is 0 Å². The molecule has 0 unspecified atom stereocenters. The average Bonchev–Trinajstić information content (AvgIpc) is 3.34. The van der Waals surface area contributed by atoms with Crippen LogP contribution in [0.25, 0.3) is 11.5 Å². The fourth-order valence-corrected chi connectivity index (χ4v) is 4.23. The molecule has 0 saturated heterocycles. The zero-order valence-electron chi connectivity index (χ0n) is 15.4. The minimum Gasteiger partial charge on any atom is -0.420 e. The van der Waals surface area contributed by atoms with Crippen LogP contribution in [0.3, 0.4) is 0 Å². The summed E-state index contributed by atoms with van der Waals surface area (Å²) in [4.78, 5) is 8.69. The maximum absolute atomic E-state index is 6.35. The molecule has 0 saturated carbocycles. The van der Waals surface area contributed by atoms with E-state index in [0.717, 1.165) is 33.7 Å². The molecule has 8 heteroatoms. The lowest BCUT2D eigenvalue weighted by molar-refractivity contribution is 0.518. The lowest BCUT2D eigenvalue weighted by Crippen LogP contribution is -2.02. The van der Waals surface area contributed by atoms with E-state index >= 15 is 0 Å². The molecule has 30 heavy (non-hydrogen) atoms. The molecule has 0 atom stereocenters. The first-order valence-electron chi connectivity index (χ1n) is 9.15. The Morgan fingerprint density at radius 1 is 0.933 bits per heavy atom. The molecule has 0 spiro atoms. The van der Waals surface area contributed by atoms with Crippen molar-refractivity contribution >= 4 is 46.2 Å². The molecule has 4 aromatic rings. The van der Waals surface area contributed by atoms with Crippen LogP contribution in [-0.4, -0.2) is 20.9 Å². The number of hydrogen-bond donors (Lipinski definition) is 0. The van der Waals surface area contributed by atoms with E-state index in [0.29, 0.717) is 39.8 Å². The second-order valence-electron chi connectivity index (χ2n) is 6.84. The third kappa shape index (κ3) is 3.72. The van der Waals surface area contributed by atoms with Gasteiger partial charge in [0.05, 0.1) is 27.9 Å². The zero-order chi connectivity index (χ0) is 20.7. The quantitative estimate of drug-likeness (QED) is 0.336. The molecule has 0 N–H and O–H groups in total. The Hall–Kier alpha value is -2.73. The van der Waals surface area contributed by atoms with Gasteiger partial charge in [-0.25, -0.2) is 4.98 Å². The predicted octanol–water partition coefficient (Wildman–Crippen LogP) is 6.36. The number of rotatable bonds is 4. The van der Waals surface area contributed by atoms with Crippen LogP contribution in [-0.2, 0) is 12.8 Å². The number of pyridine rings is 1. The second-order valence-corrected chi connectivity index (χ2v) is 8.04. The molecular weight excluding hydrogens is 443 g/mol. The van der Waals surface area contributed by atoms with E-state index in [-0.39, 0.29) is 0 Å². The highest BCUT2D eigenvalue weighted by molar-refractivity contribution is 6.40. The summed E-state index contributed by atoms with van der Waals surface area (Å²) in [5.74, 6) is 0.963. The lowest BCUT2D eigenvalue weighted by atomic mass is 10.0. The van der Waals surface area contributed by atoms with Gasteiger partial charge in [-0.3, -0.25) is 4.99 Å². The molecule has 0 radical (unpaired) electrons. The third-order valence-corrected chi connectivity index (χ3v) is 5.64. The SMILES string of the molecule is Clc1cc(Cc2nnc(-c3ccc4c(c3)CC(c3c(Cl)cccc3Cl)=N4)o2)ccn1. The first-order valence-corrected chi connectivity index (χ1v) is 10.3. The van der Waals surface area contributed by atoms with E-state index in [1.54, 1.807) is 12.3 Å². The van der Waals surface area contributed by atoms with E-state index in [9.17, 15) is 0 Å². The van der Waals surface area contributed by atoms with Gasteiger partial charge in [-0.1, -0.05) is 40.9 Å². The maximum atomic E-state index is 6.35. The van der Waals surface area contributed by atoms with E-state index < -0.39 is 0 Å². The van der Waals surface area contributed by atoms with Crippen LogP contribution in [0.2, 0.25) is 15.2 Å². The Morgan fingerprint density at radius 3 is 2.57 bits per heavy atom. The lowest BCUT2D eigenvalue weighted by Gasteiger charge is -2.05. The van der Waals surface area contributed by atoms with Gasteiger partial charge in [0.25, 0.3) is 0 Å². The highest BCUT2D eigenvalue weighted by Gasteiger charge is 2.21. The van der Waals surface area contributed by atoms with Crippen LogP contribution in [0.4, 0.5) is 5.69 Å². The fraction of sp³-hybridized carbons (Fsp3) is 0.0909. The second kappa shape index (κ2) is 7.84. The number of fused-ring (bicyclic) bond motifs is 1. The van der Waals surface area contributed by atoms with E-state index in [2.05, 4.69) is 15.2 Å². The highest BCUT2D eigenvalue weighted by Crippen LogP contribution is 2.36. The number of nitrogens with zero attached hydrogens (tertiary/aromatic N) is 4. The molecule has 1 aliphatic rings. The van der Waals surface area contributed by atoms with Crippen molar-refractivity contribution in [2.45, 2.75) is 12.8 Å². The molecule has 0 bridgehead atoms. The summed E-state index contributed by atoms with van der Waals surface area (Å²) in [6.07, 6.45) is 2.76. The number of aliphatic imine (C=N–C) groups is 1. The van der Waals surface area contributed by atoms with Crippen molar-refractivity contribution in [3.05, 3.63) is 92.5 Å². The Kier molecular flexibility index (Phi) is 5.03. The molecule has 0 aliphatic carbocycles. The number of halogens is 3. The Labute approximate surface area is 187 Å². The van der Waals surface area contributed by atoms with Crippen molar-refractivity contribution in [3.8, 4) is 11.5 Å².